The van der Waals surface area contributed by atoms with Crippen molar-refractivity contribution in [1.82, 2.24) is 15.0 Å². The van der Waals surface area contributed by atoms with Crippen molar-refractivity contribution in [3.8, 4) is 0 Å². The monoisotopic (exact) mass is 331 g/mol. The second-order valence-corrected chi connectivity index (χ2v) is 7.43. The third kappa shape index (κ3) is 6.34. The van der Waals surface area contributed by atoms with Gasteiger partial charge in [0.15, 0.2) is 5.03 Å². The molecule has 21 heavy (non-hydrogen) atoms. The quantitative estimate of drug-likeness (QED) is 0.642. The minimum atomic E-state index is -3.53. The minimum Gasteiger partial charge on any atom is -0.313 e. The number of thioether (sulfide) groups is 1. The van der Waals surface area contributed by atoms with E-state index in [1.165, 1.54) is 0 Å². The normalized spacial score (nSPS) is 13.3. The van der Waals surface area contributed by atoms with E-state index in [0.29, 0.717) is 6.54 Å². The van der Waals surface area contributed by atoms with Crippen molar-refractivity contribution in [2.45, 2.75) is 44.3 Å². The summed E-state index contributed by atoms with van der Waals surface area (Å²) in [6.07, 6.45) is 5.41. The van der Waals surface area contributed by atoms with E-state index in [1.807, 2.05) is 13.2 Å². The predicted octanol–water partition coefficient (Wildman–Crippen LogP) is 2.00. The molecule has 7 heteroatoms. The largest absolute Gasteiger partial charge is 0.313 e. The Morgan fingerprint density at radius 1 is 1.33 bits per heavy atom. The third-order valence-corrected chi connectivity index (χ3v) is 5.18. The van der Waals surface area contributed by atoms with Gasteiger partial charge in [-0.05, 0) is 37.3 Å². The van der Waals surface area contributed by atoms with Crippen molar-refractivity contribution in [3.63, 3.8) is 0 Å². The number of hydrogen-bond acceptors (Lipinski definition) is 5. The van der Waals surface area contributed by atoms with E-state index in [2.05, 4.69) is 21.9 Å². The van der Waals surface area contributed by atoms with E-state index in [-0.39, 0.29) is 11.1 Å². The molecule has 120 valence electrons. The SMILES string of the molecule is CCCNCc1ccc(S(=O)(=O)NC(CC)CSC)nc1. The smallest absolute Gasteiger partial charge is 0.258 e. The van der Waals surface area contributed by atoms with E-state index in [0.717, 1.165) is 30.7 Å². The summed E-state index contributed by atoms with van der Waals surface area (Å²) in [5.74, 6) is 0.759. The van der Waals surface area contributed by atoms with Crippen molar-refractivity contribution >= 4 is 21.8 Å². The van der Waals surface area contributed by atoms with Gasteiger partial charge in [0.25, 0.3) is 10.0 Å². The number of hydrogen-bond donors (Lipinski definition) is 2. The molecule has 1 aromatic heterocycles. The molecule has 0 aliphatic rings. The van der Waals surface area contributed by atoms with Gasteiger partial charge in [0.1, 0.15) is 0 Å². The Morgan fingerprint density at radius 2 is 2.10 bits per heavy atom. The Kier molecular flexibility index (Phi) is 8.24. The molecule has 0 aliphatic carbocycles. The second kappa shape index (κ2) is 9.40. The van der Waals surface area contributed by atoms with Gasteiger partial charge in [0, 0.05) is 24.5 Å². The van der Waals surface area contributed by atoms with E-state index < -0.39 is 10.0 Å². The van der Waals surface area contributed by atoms with Crippen molar-refractivity contribution in [2.24, 2.45) is 0 Å². The molecule has 1 aromatic rings. The first kappa shape index (κ1) is 18.4. The molecular weight excluding hydrogens is 306 g/mol. The highest BCUT2D eigenvalue weighted by atomic mass is 32.2. The van der Waals surface area contributed by atoms with Crippen LogP contribution in [0.25, 0.3) is 0 Å². The van der Waals surface area contributed by atoms with Crippen LogP contribution in [0, 0.1) is 0 Å². The van der Waals surface area contributed by atoms with E-state index >= 15 is 0 Å². The fraction of sp³-hybridized carbons (Fsp3) is 0.643. The van der Waals surface area contributed by atoms with Gasteiger partial charge in [0.2, 0.25) is 0 Å². The van der Waals surface area contributed by atoms with E-state index in [1.54, 1.807) is 30.1 Å². The summed E-state index contributed by atoms with van der Waals surface area (Å²) in [6, 6.07) is 3.31. The van der Waals surface area contributed by atoms with Crippen LogP contribution in [-0.4, -0.2) is 38.0 Å². The molecule has 1 unspecified atom stereocenters. The van der Waals surface area contributed by atoms with Crippen LogP contribution in [0.3, 0.4) is 0 Å². The summed E-state index contributed by atoms with van der Waals surface area (Å²) in [4.78, 5) is 4.08. The Balaban J connectivity index is 2.70. The maximum absolute atomic E-state index is 12.2. The van der Waals surface area contributed by atoms with E-state index in [9.17, 15) is 8.42 Å². The summed E-state index contributed by atoms with van der Waals surface area (Å²) < 4.78 is 27.2. The molecule has 0 fully saturated rings. The summed E-state index contributed by atoms with van der Waals surface area (Å²) in [5, 5.41) is 3.34. The van der Waals surface area contributed by atoms with Crippen molar-refractivity contribution in [1.29, 1.82) is 0 Å². The van der Waals surface area contributed by atoms with Crippen molar-refractivity contribution in [2.75, 3.05) is 18.6 Å². The third-order valence-electron chi connectivity index (χ3n) is 3.01. The molecule has 1 atom stereocenters. The average molecular weight is 332 g/mol. The number of pyridine rings is 1. The molecule has 2 N–H and O–H groups in total. The number of aromatic nitrogens is 1. The average Bonchev–Trinajstić information content (AvgIpc) is 2.47. The second-order valence-electron chi connectivity index (χ2n) is 4.86. The van der Waals surface area contributed by atoms with Gasteiger partial charge in [0.05, 0.1) is 0 Å². The first-order valence-corrected chi connectivity index (χ1v) is 10.1. The van der Waals surface area contributed by atoms with Crippen LogP contribution in [-0.2, 0) is 16.6 Å². The van der Waals surface area contributed by atoms with Crippen molar-refractivity contribution < 1.29 is 8.42 Å². The van der Waals surface area contributed by atoms with Crippen LogP contribution in [0.4, 0.5) is 0 Å². The highest BCUT2D eigenvalue weighted by molar-refractivity contribution is 7.98. The standard InChI is InChI=1S/C14H25N3O2S2/c1-4-8-15-9-12-6-7-14(16-10-12)21(18,19)17-13(5-2)11-20-3/h6-7,10,13,15,17H,4-5,8-9,11H2,1-3H3. The van der Waals surface area contributed by atoms with Gasteiger partial charge in [-0.2, -0.15) is 11.8 Å². The molecule has 1 heterocycles. The van der Waals surface area contributed by atoms with Crippen LogP contribution in [0.5, 0.6) is 0 Å². The molecule has 0 saturated heterocycles. The lowest BCUT2D eigenvalue weighted by Crippen LogP contribution is -2.36. The zero-order chi connectivity index (χ0) is 15.7. The number of rotatable bonds is 10. The zero-order valence-corrected chi connectivity index (χ0v) is 14.6. The molecule has 0 bridgehead atoms. The van der Waals surface area contributed by atoms with Crippen molar-refractivity contribution in [3.05, 3.63) is 23.9 Å². The van der Waals surface area contributed by atoms with Crippen LogP contribution in [0.15, 0.2) is 23.4 Å². The molecule has 0 aromatic carbocycles. The Morgan fingerprint density at radius 3 is 2.62 bits per heavy atom. The zero-order valence-electron chi connectivity index (χ0n) is 12.9. The fourth-order valence-corrected chi connectivity index (χ4v) is 3.88. The molecule has 1 rings (SSSR count). The molecular formula is C14H25N3O2S2. The lowest BCUT2D eigenvalue weighted by Gasteiger charge is -2.15. The Labute approximate surface area is 132 Å². The fourth-order valence-electron chi connectivity index (χ4n) is 1.80. The lowest BCUT2D eigenvalue weighted by atomic mass is 10.3. The predicted molar refractivity (Wildman–Crippen MR) is 89.0 cm³/mol. The van der Waals surface area contributed by atoms with Crippen LogP contribution < -0.4 is 10.0 Å². The van der Waals surface area contributed by atoms with Crippen LogP contribution in [0.1, 0.15) is 32.3 Å². The molecule has 0 spiro atoms. The topological polar surface area (TPSA) is 71.1 Å². The van der Waals surface area contributed by atoms with E-state index in [4.69, 9.17) is 0 Å². The summed E-state index contributed by atoms with van der Waals surface area (Å²) >= 11 is 1.63. The van der Waals surface area contributed by atoms with Gasteiger partial charge in [-0.3, -0.25) is 0 Å². The molecule has 5 nitrogen and oxygen atoms in total. The molecule has 0 aliphatic heterocycles. The Bertz CT molecular complexity index is 503. The summed E-state index contributed by atoms with van der Waals surface area (Å²) in [7, 11) is -3.53. The number of nitrogens with one attached hydrogen (secondary N) is 2. The first-order valence-electron chi connectivity index (χ1n) is 7.20. The minimum absolute atomic E-state index is 0.0577. The molecule has 0 saturated carbocycles. The highest BCUT2D eigenvalue weighted by Crippen LogP contribution is 2.10. The Hall–Kier alpha value is -0.630. The summed E-state index contributed by atoms with van der Waals surface area (Å²) in [5.41, 5.74) is 0.985. The maximum atomic E-state index is 12.2. The van der Waals surface area contributed by atoms with Gasteiger partial charge < -0.3 is 5.32 Å². The van der Waals surface area contributed by atoms with Gasteiger partial charge in [-0.15, -0.1) is 0 Å². The molecule has 0 radical (unpaired) electrons. The highest BCUT2D eigenvalue weighted by Gasteiger charge is 2.19. The van der Waals surface area contributed by atoms with Gasteiger partial charge in [-0.1, -0.05) is 19.9 Å². The summed E-state index contributed by atoms with van der Waals surface area (Å²) in [6.45, 7) is 5.72. The number of nitrogens with zero attached hydrogens (tertiary/aromatic N) is 1. The number of sulfonamides is 1. The maximum Gasteiger partial charge on any atom is 0.258 e. The van der Waals surface area contributed by atoms with Gasteiger partial charge in [-0.25, -0.2) is 18.1 Å². The van der Waals surface area contributed by atoms with Crippen LogP contribution in [0.2, 0.25) is 0 Å². The first-order chi connectivity index (χ1) is 10.0. The van der Waals surface area contributed by atoms with Crippen LogP contribution >= 0.6 is 11.8 Å². The molecule has 0 amide bonds. The van der Waals surface area contributed by atoms with Gasteiger partial charge >= 0.3 is 0 Å². The lowest BCUT2D eigenvalue weighted by molar-refractivity contribution is 0.554.